The van der Waals surface area contributed by atoms with E-state index in [0.717, 1.165) is 0 Å². The van der Waals surface area contributed by atoms with Gasteiger partial charge >= 0.3 is 0 Å². The normalized spacial score (nSPS) is 23.2. The van der Waals surface area contributed by atoms with Crippen molar-refractivity contribution in [2.45, 2.75) is 70.3 Å². The lowest BCUT2D eigenvalue weighted by Gasteiger charge is -2.39. The maximum atomic E-state index is 10.1. The fourth-order valence-electron chi connectivity index (χ4n) is 2.29. The van der Waals surface area contributed by atoms with Crippen LogP contribution in [0.25, 0.3) is 0 Å². The van der Waals surface area contributed by atoms with Gasteiger partial charge in [0.2, 0.25) is 0 Å². The summed E-state index contributed by atoms with van der Waals surface area (Å²) in [5.41, 5.74) is 0. The molecule has 0 aliphatic rings. The summed E-state index contributed by atoms with van der Waals surface area (Å²) in [6, 6.07) is 0. The lowest BCUT2D eigenvalue weighted by atomic mass is 10.5. The molecule has 4 N–H and O–H groups in total. The summed E-state index contributed by atoms with van der Waals surface area (Å²) in [6.45, 7) is 6.95. The molecule has 0 fully saturated rings. The monoisotopic (exact) mass is 253 g/mol. The van der Waals surface area contributed by atoms with Gasteiger partial charge in [-0.1, -0.05) is 20.8 Å². The first-order valence-corrected chi connectivity index (χ1v) is 8.05. The van der Waals surface area contributed by atoms with Crippen LogP contribution in [0.15, 0.2) is 0 Å². The third kappa shape index (κ3) is 2.74. The summed E-state index contributed by atoms with van der Waals surface area (Å²) in [5, 5.41) is 40.3. The maximum Gasteiger partial charge on any atom is 0.171 e. The van der Waals surface area contributed by atoms with Gasteiger partial charge in [-0.25, -0.2) is 0 Å². The fourth-order valence-corrected chi connectivity index (χ4v) is 6.88. The third-order valence-electron chi connectivity index (χ3n) is 3.29. The van der Waals surface area contributed by atoms with E-state index in [2.05, 4.69) is 0 Å². The second kappa shape index (κ2) is 6.87. The van der Waals surface area contributed by atoms with Crippen molar-refractivity contribution in [2.75, 3.05) is 0 Å². The molecular weight excluding hydrogens is 227 g/mol. The number of aliphatic hydroxyl groups excluding tert-OH is 4. The average molecular weight is 253 g/mol. The third-order valence-corrected chi connectivity index (χ3v) is 8.78. The van der Waals surface area contributed by atoms with Crippen molar-refractivity contribution in [3.8, 4) is 0 Å². The second-order valence-electron chi connectivity index (χ2n) is 4.19. The molecule has 0 aromatic heterocycles. The molecule has 5 heteroatoms. The minimum Gasteiger partial charge on any atom is -0.359 e. The highest BCUT2D eigenvalue weighted by atomic mass is 31.2. The van der Waals surface area contributed by atoms with Crippen molar-refractivity contribution >= 4 is 7.26 Å². The molecule has 0 aliphatic heterocycles. The Kier molecular flexibility index (Phi) is 6.99. The summed E-state index contributed by atoms with van der Waals surface area (Å²) in [7, 11) is -2.62. The molecule has 0 aromatic rings. The van der Waals surface area contributed by atoms with Crippen molar-refractivity contribution in [3.05, 3.63) is 0 Å². The molecule has 0 aromatic carbocycles. The van der Waals surface area contributed by atoms with Crippen molar-refractivity contribution in [2.24, 2.45) is 0 Å². The van der Waals surface area contributed by atoms with Gasteiger partial charge in [-0.3, -0.25) is 0 Å². The van der Waals surface area contributed by atoms with Crippen LogP contribution in [0.2, 0.25) is 0 Å². The molecule has 0 spiro atoms. The lowest BCUT2D eigenvalue weighted by molar-refractivity contribution is 0.154. The Morgan fingerprint density at radius 1 is 0.750 bits per heavy atom. The predicted octanol–water partition coefficient (Wildman–Crippen LogP) is 1.53. The molecule has 4 atom stereocenters. The highest BCUT2D eigenvalue weighted by Crippen LogP contribution is 2.73. The van der Waals surface area contributed by atoms with Gasteiger partial charge in [-0.05, 0) is 6.92 Å². The molecule has 0 rings (SSSR count). The Morgan fingerprint density at radius 3 is 1.12 bits per heavy atom. The first kappa shape index (κ1) is 16.3. The number of aliphatic hydroxyl groups is 4. The molecule has 0 saturated carbocycles. The van der Waals surface area contributed by atoms with Gasteiger partial charge in [0, 0.05) is 19.3 Å². The molecule has 0 bridgehead atoms. The van der Waals surface area contributed by atoms with E-state index in [1.807, 2.05) is 0 Å². The Balaban J connectivity index is 5.38. The van der Waals surface area contributed by atoms with Crippen LogP contribution >= 0.6 is 7.26 Å². The van der Waals surface area contributed by atoms with Crippen molar-refractivity contribution in [1.29, 1.82) is 0 Å². The van der Waals surface area contributed by atoms with Crippen LogP contribution < -0.4 is 0 Å². The Hall–Kier alpha value is 0.270. The Morgan fingerprint density at radius 2 is 1.00 bits per heavy atom. The van der Waals surface area contributed by atoms with Crippen molar-refractivity contribution in [1.82, 2.24) is 0 Å². The summed E-state index contributed by atoms with van der Waals surface area (Å²) in [4.78, 5) is 0. The molecule has 16 heavy (non-hydrogen) atoms. The molecule has 0 aliphatic carbocycles. The molecule has 4 nitrogen and oxygen atoms in total. The number of rotatable bonds is 7. The van der Waals surface area contributed by atoms with Gasteiger partial charge in [0.05, 0.1) is 0 Å². The standard InChI is InChI=1S/C11H26O4P/c1-5-9(13)16(8(4)12,10(14)6-2)11(15)7-3/h8-15H,5-7H2,1-4H3/q+1. The van der Waals surface area contributed by atoms with E-state index in [1.54, 1.807) is 27.7 Å². The molecule has 0 radical (unpaired) electrons. The van der Waals surface area contributed by atoms with Crippen LogP contribution in [0.3, 0.4) is 0 Å². The highest BCUT2D eigenvalue weighted by molar-refractivity contribution is 7.77. The average Bonchev–Trinajstić information content (AvgIpc) is 2.28. The van der Waals surface area contributed by atoms with Crippen LogP contribution in [-0.4, -0.2) is 43.8 Å². The van der Waals surface area contributed by atoms with Gasteiger partial charge < -0.3 is 20.4 Å². The van der Waals surface area contributed by atoms with E-state index in [0.29, 0.717) is 19.3 Å². The van der Waals surface area contributed by atoms with E-state index >= 15 is 0 Å². The van der Waals surface area contributed by atoms with Gasteiger partial charge in [0.15, 0.2) is 23.4 Å². The minimum atomic E-state index is -2.62. The maximum absolute atomic E-state index is 10.1. The number of hydrogen-bond donors (Lipinski definition) is 4. The highest BCUT2D eigenvalue weighted by Gasteiger charge is 2.59. The fraction of sp³-hybridized carbons (Fsp3) is 1.00. The summed E-state index contributed by atoms with van der Waals surface area (Å²) >= 11 is 0. The minimum absolute atomic E-state index is 0.437. The zero-order valence-corrected chi connectivity index (χ0v) is 11.6. The predicted molar refractivity (Wildman–Crippen MR) is 67.5 cm³/mol. The molecule has 4 unspecified atom stereocenters. The molecule has 0 heterocycles. The van der Waals surface area contributed by atoms with Crippen molar-refractivity contribution < 1.29 is 20.4 Å². The van der Waals surface area contributed by atoms with E-state index in [9.17, 15) is 20.4 Å². The summed E-state index contributed by atoms with van der Waals surface area (Å²) in [6.07, 6.45) is 1.31. The SMILES string of the molecule is CCC(O)[P+](C(C)O)(C(O)CC)C(O)CC. The van der Waals surface area contributed by atoms with Crippen LogP contribution in [0, 0.1) is 0 Å². The van der Waals surface area contributed by atoms with Gasteiger partial charge in [-0.15, -0.1) is 0 Å². The Labute approximate surface area is 98.7 Å². The first-order chi connectivity index (χ1) is 7.39. The smallest absolute Gasteiger partial charge is 0.171 e. The van der Waals surface area contributed by atoms with Crippen LogP contribution in [0.4, 0.5) is 0 Å². The van der Waals surface area contributed by atoms with Crippen LogP contribution in [0.1, 0.15) is 47.0 Å². The molecule has 98 valence electrons. The van der Waals surface area contributed by atoms with E-state index in [1.165, 1.54) is 0 Å². The molecule has 0 amide bonds. The quantitative estimate of drug-likeness (QED) is 0.519. The molecular formula is C11H26O4P+. The summed E-state index contributed by atoms with van der Waals surface area (Å²) < 4.78 is 0. The largest absolute Gasteiger partial charge is 0.359 e. The van der Waals surface area contributed by atoms with Gasteiger partial charge in [0.1, 0.15) is 7.26 Å². The molecule has 0 saturated heterocycles. The van der Waals surface area contributed by atoms with E-state index < -0.39 is 30.6 Å². The first-order valence-electron chi connectivity index (χ1n) is 5.99. The zero-order valence-electron chi connectivity index (χ0n) is 10.7. The van der Waals surface area contributed by atoms with E-state index in [4.69, 9.17) is 0 Å². The van der Waals surface area contributed by atoms with E-state index in [-0.39, 0.29) is 0 Å². The number of hydrogen-bond acceptors (Lipinski definition) is 4. The van der Waals surface area contributed by atoms with Crippen LogP contribution in [0.5, 0.6) is 0 Å². The summed E-state index contributed by atoms with van der Waals surface area (Å²) in [5.74, 6) is -3.28. The van der Waals surface area contributed by atoms with Gasteiger partial charge in [0.25, 0.3) is 0 Å². The van der Waals surface area contributed by atoms with Gasteiger partial charge in [-0.2, -0.15) is 0 Å². The zero-order chi connectivity index (χ0) is 12.9. The topological polar surface area (TPSA) is 80.9 Å². The Bertz CT molecular complexity index is 172. The van der Waals surface area contributed by atoms with Crippen molar-refractivity contribution in [3.63, 3.8) is 0 Å². The lowest BCUT2D eigenvalue weighted by Crippen LogP contribution is -2.37. The van der Waals surface area contributed by atoms with Crippen LogP contribution in [-0.2, 0) is 0 Å². The second-order valence-corrected chi connectivity index (χ2v) is 8.52.